The molecule has 3 atom stereocenters. The van der Waals surface area contributed by atoms with E-state index < -0.39 is 0 Å². The van der Waals surface area contributed by atoms with Gasteiger partial charge in [-0.25, -0.2) is 0 Å². The number of ether oxygens (including phenoxy) is 2. The van der Waals surface area contributed by atoms with E-state index in [1.165, 1.54) is 0 Å². The molecule has 0 spiro atoms. The van der Waals surface area contributed by atoms with Crippen molar-refractivity contribution < 1.29 is 14.3 Å². The molecule has 3 nitrogen and oxygen atoms in total. The number of carbonyl (C=O) groups is 1. The molecule has 0 aromatic rings. The van der Waals surface area contributed by atoms with Gasteiger partial charge in [0.25, 0.3) is 0 Å². The molecule has 2 fully saturated rings. The lowest BCUT2D eigenvalue weighted by Crippen LogP contribution is -2.16. The molecule has 3 heteroatoms. The molecule has 1 saturated carbocycles. The molecule has 1 saturated heterocycles. The molecule has 0 unspecified atom stereocenters. The predicted molar refractivity (Wildman–Crippen MR) is 38.0 cm³/mol. The highest BCUT2D eigenvalue weighted by Gasteiger charge is 2.50. The number of esters is 1. The van der Waals surface area contributed by atoms with Crippen molar-refractivity contribution >= 4 is 5.97 Å². The third kappa shape index (κ3) is 1.25. The van der Waals surface area contributed by atoms with Crippen molar-refractivity contribution in [3.63, 3.8) is 0 Å². The zero-order chi connectivity index (χ0) is 7.84. The summed E-state index contributed by atoms with van der Waals surface area (Å²) in [6.45, 7) is 2.33. The number of rotatable bonds is 2. The molecule has 0 bridgehead atoms. The predicted octanol–water partition coefficient (Wildman–Crippen LogP) is 0.727. The van der Waals surface area contributed by atoms with Gasteiger partial charge in [0.1, 0.15) is 0 Å². The van der Waals surface area contributed by atoms with Crippen LogP contribution in [0.3, 0.4) is 0 Å². The highest BCUT2D eigenvalue weighted by Crippen LogP contribution is 2.42. The first-order valence-corrected chi connectivity index (χ1v) is 4.13. The van der Waals surface area contributed by atoms with Crippen LogP contribution < -0.4 is 0 Å². The van der Waals surface area contributed by atoms with E-state index in [0.29, 0.717) is 18.8 Å². The molecule has 0 N–H and O–H groups in total. The van der Waals surface area contributed by atoms with Gasteiger partial charge in [0.15, 0.2) is 0 Å². The van der Waals surface area contributed by atoms with Crippen LogP contribution in [0.5, 0.6) is 0 Å². The minimum atomic E-state index is -0.0386. The van der Waals surface area contributed by atoms with E-state index in [1.54, 1.807) is 0 Å². The zero-order valence-electron chi connectivity index (χ0n) is 6.58. The van der Waals surface area contributed by atoms with Crippen molar-refractivity contribution in [3.8, 4) is 0 Å². The van der Waals surface area contributed by atoms with Crippen molar-refractivity contribution in [1.29, 1.82) is 0 Å². The number of carbonyl (C=O) groups excluding carboxylic acids is 1. The second-order valence-electron chi connectivity index (χ2n) is 3.13. The summed E-state index contributed by atoms with van der Waals surface area (Å²) in [4.78, 5) is 11.1. The summed E-state index contributed by atoms with van der Waals surface area (Å²) < 4.78 is 10.1. The molecule has 0 amide bonds. The molecule has 1 heterocycles. The van der Waals surface area contributed by atoms with Crippen LogP contribution in [-0.4, -0.2) is 24.8 Å². The highest BCUT2D eigenvalue weighted by molar-refractivity contribution is 5.73. The van der Waals surface area contributed by atoms with Crippen molar-refractivity contribution in [2.24, 2.45) is 5.92 Å². The Bertz CT molecular complexity index is 168. The van der Waals surface area contributed by atoms with Gasteiger partial charge in [-0.1, -0.05) is 0 Å². The molecule has 0 aromatic heterocycles. The van der Waals surface area contributed by atoms with E-state index in [1.807, 2.05) is 6.92 Å². The Balaban J connectivity index is 1.82. The highest BCUT2D eigenvalue weighted by atomic mass is 16.6. The van der Waals surface area contributed by atoms with Crippen LogP contribution in [0.2, 0.25) is 0 Å². The Hall–Kier alpha value is -0.570. The van der Waals surface area contributed by atoms with Gasteiger partial charge in [-0.05, 0) is 19.8 Å². The third-order valence-electron chi connectivity index (χ3n) is 2.34. The molecule has 62 valence electrons. The molecule has 1 aliphatic heterocycles. The van der Waals surface area contributed by atoms with Gasteiger partial charge in [-0.3, -0.25) is 4.79 Å². The van der Waals surface area contributed by atoms with E-state index in [0.717, 1.165) is 12.8 Å². The number of hydrogen-bond donors (Lipinski definition) is 0. The summed E-state index contributed by atoms with van der Waals surface area (Å²) in [6, 6.07) is 0. The van der Waals surface area contributed by atoms with Crippen LogP contribution in [0.25, 0.3) is 0 Å². The van der Waals surface area contributed by atoms with E-state index in [4.69, 9.17) is 9.47 Å². The van der Waals surface area contributed by atoms with Crippen LogP contribution in [0.1, 0.15) is 19.8 Å². The topological polar surface area (TPSA) is 38.8 Å². The van der Waals surface area contributed by atoms with E-state index >= 15 is 0 Å². The van der Waals surface area contributed by atoms with Gasteiger partial charge < -0.3 is 9.47 Å². The second kappa shape index (κ2) is 2.48. The van der Waals surface area contributed by atoms with Crippen LogP contribution >= 0.6 is 0 Å². The Morgan fingerprint density at radius 1 is 1.55 bits per heavy atom. The Kier molecular flexibility index (Phi) is 1.60. The van der Waals surface area contributed by atoms with Crippen molar-refractivity contribution in [2.75, 3.05) is 6.61 Å². The SMILES string of the molecule is CCOC(=O)[C@@H]1C[C@@H]2O[C@@H]2C1. The van der Waals surface area contributed by atoms with E-state index in [2.05, 4.69) is 0 Å². The minimum Gasteiger partial charge on any atom is -0.466 e. The summed E-state index contributed by atoms with van der Waals surface area (Å²) in [6.07, 6.45) is 2.52. The summed E-state index contributed by atoms with van der Waals surface area (Å²) in [5.41, 5.74) is 0. The van der Waals surface area contributed by atoms with Gasteiger partial charge >= 0.3 is 5.97 Å². The smallest absolute Gasteiger partial charge is 0.309 e. The molecular formula is C8H12O3. The van der Waals surface area contributed by atoms with Gasteiger partial charge in [-0.15, -0.1) is 0 Å². The van der Waals surface area contributed by atoms with Crippen LogP contribution in [0, 0.1) is 5.92 Å². The van der Waals surface area contributed by atoms with Crippen LogP contribution in [0.4, 0.5) is 0 Å². The minimum absolute atomic E-state index is 0.0386. The summed E-state index contributed by atoms with van der Waals surface area (Å²) in [7, 11) is 0. The van der Waals surface area contributed by atoms with Crippen LogP contribution in [-0.2, 0) is 14.3 Å². The number of fused-ring (bicyclic) bond motifs is 1. The fourth-order valence-corrected chi connectivity index (χ4v) is 1.70. The maximum absolute atomic E-state index is 11.1. The standard InChI is InChI=1S/C8H12O3/c1-2-10-8(9)5-3-6-7(4-5)11-6/h5-7H,2-4H2,1H3/t5-,6+,7-. The summed E-state index contributed by atoms with van der Waals surface area (Å²) >= 11 is 0. The molecule has 2 rings (SSSR count). The van der Waals surface area contributed by atoms with Gasteiger partial charge in [-0.2, -0.15) is 0 Å². The molecule has 1 aliphatic carbocycles. The lowest BCUT2D eigenvalue weighted by atomic mass is 10.1. The average Bonchev–Trinajstić information content (AvgIpc) is 2.59. The van der Waals surface area contributed by atoms with Gasteiger partial charge in [0, 0.05) is 0 Å². The Labute approximate surface area is 65.7 Å². The lowest BCUT2D eigenvalue weighted by Gasteiger charge is -2.08. The maximum Gasteiger partial charge on any atom is 0.309 e. The van der Waals surface area contributed by atoms with Crippen LogP contribution in [0.15, 0.2) is 0 Å². The average molecular weight is 156 g/mol. The first-order valence-electron chi connectivity index (χ1n) is 4.13. The molecule has 2 aliphatic rings. The lowest BCUT2D eigenvalue weighted by molar-refractivity contribution is -0.148. The maximum atomic E-state index is 11.1. The summed E-state index contributed by atoms with van der Waals surface area (Å²) in [5.74, 6) is 0.0852. The normalized spacial score (nSPS) is 39.9. The zero-order valence-corrected chi connectivity index (χ0v) is 6.58. The monoisotopic (exact) mass is 156 g/mol. The van der Waals surface area contributed by atoms with Crippen molar-refractivity contribution in [3.05, 3.63) is 0 Å². The summed E-state index contributed by atoms with van der Waals surface area (Å²) in [5, 5.41) is 0. The first kappa shape index (κ1) is 7.10. The Morgan fingerprint density at radius 2 is 2.18 bits per heavy atom. The third-order valence-corrected chi connectivity index (χ3v) is 2.34. The molecular weight excluding hydrogens is 144 g/mol. The van der Waals surface area contributed by atoms with E-state index in [9.17, 15) is 4.79 Å². The molecule has 0 aromatic carbocycles. The second-order valence-corrected chi connectivity index (χ2v) is 3.13. The number of epoxide rings is 1. The molecule has 11 heavy (non-hydrogen) atoms. The number of hydrogen-bond acceptors (Lipinski definition) is 3. The first-order chi connectivity index (χ1) is 5.31. The Morgan fingerprint density at radius 3 is 2.73 bits per heavy atom. The fraction of sp³-hybridized carbons (Fsp3) is 0.875. The van der Waals surface area contributed by atoms with Gasteiger partial charge in [0.2, 0.25) is 0 Å². The van der Waals surface area contributed by atoms with Crippen molar-refractivity contribution in [2.45, 2.75) is 32.0 Å². The fourth-order valence-electron chi connectivity index (χ4n) is 1.70. The van der Waals surface area contributed by atoms with E-state index in [-0.39, 0.29) is 11.9 Å². The van der Waals surface area contributed by atoms with Gasteiger partial charge in [0.05, 0.1) is 24.7 Å². The quantitative estimate of drug-likeness (QED) is 0.437. The molecule has 0 radical (unpaired) electrons. The van der Waals surface area contributed by atoms with Crippen molar-refractivity contribution in [1.82, 2.24) is 0 Å². The largest absolute Gasteiger partial charge is 0.466 e.